The van der Waals surface area contributed by atoms with E-state index < -0.39 is 0 Å². The molecular weight excluding hydrogens is 325 g/mol. The molecule has 0 aliphatic carbocycles. The number of rotatable bonds is 2. The van der Waals surface area contributed by atoms with Crippen molar-refractivity contribution in [3.8, 4) is 0 Å². The minimum atomic E-state index is 0.247. The number of hydrogen-bond donors (Lipinski definition) is 0. The third kappa shape index (κ3) is 2.65. The summed E-state index contributed by atoms with van der Waals surface area (Å²) in [6, 6.07) is 37.1. The Labute approximate surface area is 161 Å². The van der Waals surface area contributed by atoms with Gasteiger partial charge in [0.1, 0.15) is 0 Å². The van der Waals surface area contributed by atoms with Crippen LogP contribution < -0.4 is 21.3 Å². The van der Waals surface area contributed by atoms with Crippen molar-refractivity contribution in [1.29, 1.82) is 0 Å². The lowest BCUT2D eigenvalue weighted by molar-refractivity contribution is 1.28. The normalized spacial score (nSPS) is 12.5. The van der Waals surface area contributed by atoms with E-state index in [1.54, 1.807) is 0 Å². The fourth-order valence-electron chi connectivity index (χ4n) is 4.20. The zero-order valence-corrected chi connectivity index (χ0v) is 15.3. The lowest BCUT2D eigenvalue weighted by atomic mass is 9.35. The first-order valence-electron chi connectivity index (χ1n) is 9.42. The second-order valence-electron chi connectivity index (χ2n) is 7.14. The first-order chi connectivity index (χ1) is 13.3. The topological polar surface area (TPSA) is 3.24 Å². The predicted octanol–water partition coefficient (Wildman–Crippen LogP) is 4.29. The number of nitrogens with zero attached hydrogens (tertiary/aromatic N) is 1. The van der Waals surface area contributed by atoms with Crippen LogP contribution in [0.15, 0.2) is 103 Å². The van der Waals surface area contributed by atoms with Crippen molar-refractivity contribution in [3.63, 3.8) is 0 Å². The Kier molecular flexibility index (Phi) is 3.83. The smallest absolute Gasteiger partial charge is 0.246 e. The average Bonchev–Trinajstić information content (AvgIpc) is 2.73. The molecule has 4 aromatic rings. The van der Waals surface area contributed by atoms with Crippen LogP contribution in [0.4, 0.5) is 17.1 Å². The molecule has 1 aliphatic heterocycles. The highest BCUT2D eigenvalue weighted by Crippen LogP contribution is 2.35. The molecule has 5 rings (SSSR count). The zero-order valence-electron chi connectivity index (χ0n) is 15.3. The van der Waals surface area contributed by atoms with Gasteiger partial charge in [0.2, 0.25) is 6.71 Å². The molecule has 0 bridgehead atoms. The molecule has 0 unspecified atom stereocenters. The van der Waals surface area contributed by atoms with Crippen molar-refractivity contribution in [2.75, 3.05) is 4.90 Å². The summed E-state index contributed by atoms with van der Waals surface area (Å²) in [5.74, 6) is 0. The van der Waals surface area contributed by atoms with Crippen LogP contribution in [0.1, 0.15) is 5.56 Å². The molecule has 0 saturated heterocycles. The van der Waals surface area contributed by atoms with E-state index in [1.807, 2.05) is 0 Å². The van der Waals surface area contributed by atoms with Crippen LogP contribution in [-0.4, -0.2) is 6.71 Å². The van der Waals surface area contributed by atoms with Crippen molar-refractivity contribution < 1.29 is 0 Å². The SMILES string of the molecule is Cc1ccc2c(c1)B(c1ccccc1)c1ccccc1N2c1ccccc1. The van der Waals surface area contributed by atoms with Gasteiger partial charge in [0.25, 0.3) is 0 Å². The van der Waals surface area contributed by atoms with Gasteiger partial charge < -0.3 is 4.90 Å². The Balaban J connectivity index is 1.82. The second-order valence-corrected chi connectivity index (χ2v) is 7.14. The van der Waals surface area contributed by atoms with E-state index in [0.717, 1.165) is 0 Å². The van der Waals surface area contributed by atoms with Gasteiger partial charge in [-0.15, -0.1) is 0 Å². The maximum absolute atomic E-state index is 2.39. The van der Waals surface area contributed by atoms with Crippen molar-refractivity contribution in [2.45, 2.75) is 6.92 Å². The van der Waals surface area contributed by atoms with Crippen molar-refractivity contribution in [1.82, 2.24) is 0 Å². The van der Waals surface area contributed by atoms with E-state index in [-0.39, 0.29) is 6.71 Å². The third-order valence-corrected chi connectivity index (χ3v) is 5.37. The minimum Gasteiger partial charge on any atom is -0.312 e. The van der Waals surface area contributed by atoms with E-state index in [4.69, 9.17) is 0 Å². The maximum Gasteiger partial charge on any atom is 0.246 e. The van der Waals surface area contributed by atoms with Gasteiger partial charge in [0.15, 0.2) is 0 Å². The standard InChI is InChI=1S/C25H20BN/c1-19-16-17-25-23(18-19)26(20-10-4-2-5-11-20)22-14-8-9-15-24(22)27(25)21-12-6-3-7-13-21/h2-18H,1H3. The first kappa shape index (κ1) is 16.0. The lowest BCUT2D eigenvalue weighted by Gasteiger charge is -2.37. The van der Waals surface area contributed by atoms with E-state index in [2.05, 4.69) is 115 Å². The van der Waals surface area contributed by atoms with Crippen molar-refractivity contribution >= 4 is 40.2 Å². The molecule has 0 saturated carbocycles. The quantitative estimate of drug-likeness (QED) is 0.431. The fourth-order valence-corrected chi connectivity index (χ4v) is 4.20. The van der Waals surface area contributed by atoms with Gasteiger partial charge in [-0.3, -0.25) is 0 Å². The van der Waals surface area contributed by atoms with Gasteiger partial charge >= 0.3 is 0 Å². The molecule has 0 amide bonds. The molecule has 0 atom stereocenters. The number of anilines is 3. The number of para-hydroxylation sites is 2. The van der Waals surface area contributed by atoms with E-state index in [0.29, 0.717) is 0 Å². The summed E-state index contributed by atoms with van der Waals surface area (Å²) in [4.78, 5) is 2.39. The average molecular weight is 345 g/mol. The first-order valence-corrected chi connectivity index (χ1v) is 9.42. The lowest BCUT2D eigenvalue weighted by Crippen LogP contribution is -2.57. The Morgan fingerprint density at radius 1 is 0.593 bits per heavy atom. The number of benzene rings is 4. The molecule has 1 nitrogen and oxygen atoms in total. The van der Waals surface area contributed by atoms with Crippen LogP contribution in [0.5, 0.6) is 0 Å². The van der Waals surface area contributed by atoms with Gasteiger partial charge in [-0.2, -0.15) is 0 Å². The highest BCUT2D eigenvalue weighted by atomic mass is 15.1. The second kappa shape index (κ2) is 6.48. The molecule has 0 spiro atoms. The largest absolute Gasteiger partial charge is 0.312 e. The molecule has 128 valence electrons. The van der Waals surface area contributed by atoms with Crippen molar-refractivity contribution in [2.24, 2.45) is 0 Å². The van der Waals surface area contributed by atoms with E-state index in [1.165, 1.54) is 39.0 Å². The zero-order chi connectivity index (χ0) is 18.2. The summed E-state index contributed by atoms with van der Waals surface area (Å²) in [5, 5.41) is 0. The summed E-state index contributed by atoms with van der Waals surface area (Å²) < 4.78 is 0. The maximum atomic E-state index is 2.39. The van der Waals surface area contributed by atoms with Gasteiger partial charge in [0.05, 0.1) is 0 Å². The number of aryl methyl sites for hydroxylation is 1. The predicted molar refractivity (Wildman–Crippen MR) is 117 cm³/mol. The van der Waals surface area contributed by atoms with E-state index in [9.17, 15) is 0 Å². The molecule has 0 fully saturated rings. The van der Waals surface area contributed by atoms with Gasteiger partial charge in [-0.1, -0.05) is 89.9 Å². The van der Waals surface area contributed by atoms with Crippen LogP contribution in [0.25, 0.3) is 0 Å². The Hall–Kier alpha value is -3.26. The van der Waals surface area contributed by atoms with Gasteiger partial charge in [-0.25, -0.2) is 0 Å². The summed E-state index contributed by atoms with van der Waals surface area (Å²) >= 11 is 0. The van der Waals surface area contributed by atoms with Crippen molar-refractivity contribution in [3.05, 3.63) is 109 Å². The highest BCUT2D eigenvalue weighted by Gasteiger charge is 2.34. The van der Waals surface area contributed by atoms with Crippen LogP contribution >= 0.6 is 0 Å². The summed E-state index contributed by atoms with van der Waals surface area (Å²) in [6.45, 7) is 2.42. The minimum absolute atomic E-state index is 0.247. The number of fused-ring (bicyclic) bond motifs is 2. The van der Waals surface area contributed by atoms with Crippen LogP contribution in [0.2, 0.25) is 0 Å². The monoisotopic (exact) mass is 345 g/mol. The molecule has 0 aromatic heterocycles. The molecule has 2 heteroatoms. The molecule has 1 aliphatic rings. The van der Waals surface area contributed by atoms with E-state index >= 15 is 0 Å². The summed E-state index contributed by atoms with van der Waals surface area (Å²) in [7, 11) is 0. The summed E-state index contributed by atoms with van der Waals surface area (Å²) in [5.41, 5.74) is 9.07. The van der Waals surface area contributed by atoms with Gasteiger partial charge in [0, 0.05) is 17.1 Å². The fraction of sp³-hybridized carbons (Fsp3) is 0.0400. The molecule has 0 radical (unpaired) electrons. The third-order valence-electron chi connectivity index (χ3n) is 5.37. The Bertz CT molecular complexity index is 1090. The molecule has 1 heterocycles. The van der Waals surface area contributed by atoms with Crippen LogP contribution in [-0.2, 0) is 0 Å². The Morgan fingerprint density at radius 2 is 1.22 bits per heavy atom. The molecular formula is C25H20BN. The Morgan fingerprint density at radius 3 is 2.00 bits per heavy atom. The van der Waals surface area contributed by atoms with Crippen LogP contribution in [0.3, 0.4) is 0 Å². The molecule has 0 N–H and O–H groups in total. The van der Waals surface area contributed by atoms with Crippen LogP contribution in [0, 0.1) is 6.92 Å². The summed E-state index contributed by atoms with van der Waals surface area (Å²) in [6.07, 6.45) is 0. The number of hydrogen-bond acceptors (Lipinski definition) is 1. The van der Waals surface area contributed by atoms with Gasteiger partial charge in [-0.05, 0) is 42.1 Å². The molecule has 27 heavy (non-hydrogen) atoms. The molecule has 4 aromatic carbocycles. The highest BCUT2D eigenvalue weighted by molar-refractivity contribution is 6.98.